The molecular weight excluding hydrogens is 270 g/mol. The molecular formula is C15H21N3O3. The summed E-state index contributed by atoms with van der Waals surface area (Å²) in [5.41, 5.74) is 0.921. The summed E-state index contributed by atoms with van der Waals surface area (Å²) in [7, 11) is 1.67. The Morgan fingerprint density at radius 2 is 2.00 bits per heavy atom. The minimum absolute atomic E-state index is 0.232. The lowest BCUT2D eigenvalue weighted by atomic mass is 10.0. The van der Waals surface area contributed by atoms with Gasteiger partial charge in [-0.05, 0) is 32.9 Å². The maximum Gasteiger partial charge on any atom is 0.408 e. The van der Waals surface area contributed by atoms with Crippen LogP contribution >= 0.6 is 0 Å². The van der Waals surface area contributed by atoms with Crippen LogP contribution in [0.2, 0.25) is 0 Å². The standard InChI is InChI=1S/C15H21N3O3/c1-15(2,3)18(14(20)21)12-9-16-10-7-5-6-8-11(10)17(4)13(12)19/h5-8,12,16H,9H2,1-4H3,(H,20,21)/t12-/m0/s1. The van der Waals surface area contributed by atoms with Gasteiger partial charge in [0.15, 0.2) is 0 Å². The number of carboxylic acid groups (broad SMARTS) is 1. The molecule has 1 aromatic carbocycles. The smallest absolute Gasteiger partial charge is 0.408 e. The monoisotopic (exact) mass is 291 g/mol. The highest BCUT2D eigenvalue weighted by Crippen LogP contribution is 2.30. The van der Waals surface area contributed by atoms with E-state index in [1.807, 2.05) is 24.3 Å². The molecule has 1 aliphatic rings. The zero-order valence-electron chi connectivity index (χ0n) is 12.8. The van der Waals surface area contributed by atoms with Crippen molar-refractivity contribution < 1.29 is 14.7 Å². The Kier molecular flexibility index (Phi) is 3.80. The third-order valence-corrected chi connectivity index (χ3v) is 3.61. The van der Waals surface area contributed by atoms with Crippen LogP contribution in [0.1, 0.15) is 20.8 Å². The van der Waals surface area contributed by atoms with Gasteiger partial charge in [-0.15, -0.1) is 0 Å². The van der Waals surface area contributed by atoms with Crippen LogP contribution in [0.25, 0.3) is 0 Å². The number of benzene rings is 1. The van der Waals surface area contributed by atoms with Crippen LogP contribution in [-0.4, -0.2) is 47.2 Å². The van der Waals surface area contributed by atoms with Crippen LogP contribution in [0, 0.1) is 0 Å². The second-order valence-corrected chi connectivity index (χ2v) is 6.13. The third-order valence-electron chi connectivity index (χ3n) is 3.61. The van der Waals surface area contributed by atoms with Gasteiger partial charge in [0.25, 0.3) is 5.91 Å². The maximum absolute atomic E-state index is 12.7. The number of hydrogen-bond donors (Lipinski definition) is 2. The number of anilines is 2. The van der Waals surface area contributed by atoms with Crippen LogP contribution in [0.3, 0.4) is 0 Å². The first-order valence-electron chi connectivity index (χ1n) is 6.86. The van der Waals surface area contributed by atoms with E-state index in [1.54, 1.807) is 27.8 Å². The number of fused-ring (bicyclic) bond motifs is 1. The fraction of sp³-hybridized carbons (Fsp3) is 0.467. The SMILES string of the molecule is CN1C(=O)[C@@H](N(C(=O)O)C(C)(C)C)CNc2ccccc21. The third kappa shape index (κ3) is 2.79. The second kappa shape index (κ2) is 5.27. The Bertz CT molecular complexity index is 566. The highest BCUT2D eigenvalue weighted by atomic mass is 16.4. The molecule has 21 heavy (non-hydrogen) atoms. The average Bonchev–Trinajstić information content (AvgIpc) is 2.50. The minimum atomic E-state index is -1.10. The molecule has 1 heterocycles. The number of hydrogen-bond acceptors (Lipinski definition) is 3. The van der Waals surface area contributed by atoms with Crippen molar-refractivity contribution in [3.8, 4) is 0 Å². The fourth-order valence-electron chi connectivity index (χ4n) is 2.64. The summed E-state index contributed by atoms with van der Waals surface area (Å²) in [5.74, 6) is -0.232. The Morgan fingerprint density at radius 1 is 1.38 bits per heavy atom. The number of para-hydroxylation sites is 2. The van der Waals surface area contributed by atoms with Crippen LogP contribution in [0.15, 0.2) is 24.3 Å². The van der Waals surface area contributed by atoms with E-state index in [0.29, 0.717) is 0 Å². The van der Waals surface area contributed by atoms with Crippen LogP contribution in [-0.2, 0) is 4.79 Å². The molecule has 2 amide bonds. The minimum Gasteiger partial charge on any atom is -0.465 e. The van der Waals surface area contributed by atoms with Crippen molar-refractivity contribution in [3.05, 3.63) is 24.3 Å². The van der Waals surface area contributed by atoms with Crippen molar-refractivity contribution in [3.63, 3.8) is 0 Å². The van der Waals surface area contributed by atoms with E-state index in [0.717, 1.165) is 11.4 Å². The van der Waals surface area contributed by atoms with E-state index in [2.05, 4.69) is 5.32 Å². The van der Waals surface area contributed by atoms with E-state index in [-0.39, 0.29) is 12.5 Å². The Morgan fingerprint density at radius 3 is 2.57 bits per heavy atom. The Labute approximate surface area is 124 Å². The molecule has 114 valence electrons. The number of nitrogens with one attached hydrogen (secondary N) is 1. The quantitative estimate of drug-likeness (QED) is 0.832. The molecule has 0 fully saturated rings. The lowest BCUT2D eigenvalue weighted by molar-refractivity contribution is -0.124. The number of likely N-dealkylation sites (N-methyl/N-ethyl adjacent to an activating group) is 1. The normalized spacial score (nSPS) is 18.6. The summed E-state index contributed by atoms with van der Waals surface area (Å²) >= 11 is 0. The molecule has 6 nitrogen and oxygen atoms in total. The van der Waals surface area contributed by atoms with Crippen molar-refractivity contribution in [1.82, 2.24) is 4.90 Å². The van der Waals surface area contributed by atoms with Gasteiger partial charge >= 0.3 is 6.09 Å². The van der Waals surface area contributed by atoms with E-state index in [1.165, 1.54) is 9.80 Å². The van der Waals surface area contributed by atoms with Gasteiger partial charge in [-0.2, -0.15) is 0 Å². The van der Waals surface area contributed by atoms with Crippen molar-refractivity contribution in [2.75, 3.05) is 23.8 Å². The molecule has 0 aromatic heterocycles. The van der Waals surface area contributed by atoms with E-state index in [9.17, 15) is 14.7 Å². The average molecular weight is 291 g/mol. The summed E-state index contributed by atoms with van der Waals surface area (Å²) in [5, 5.41) is 12.7. The number of carbonyl (C=O) groups excluding carboxylic acids is 1. The summed E-state index contributed by atoms with van der Waals surface area (Å²) in [4.78, 5) is 27.0. The topological polar surface area (TPSA) is 72.9 Å². The molecule has 1 aliphatic heterocycles. The highest BCUT2D eigenvalue weighted by molar-refractivity contribution is 6.02. The first-order chi connectivity index (χ1) is 9.73. The lowest BCUT2D eigenvalue weighted by Crippen LogP contribution is -2.58. The molecule has 0 unspecified atom stereocenters. The molecule has 2 N–H and O–H groups in total. The van der Waals surface area contributed by atoms with Gasteiger partial charge < -0.3 is 15.3 Å². The first-order valence-corrected chi connectivity index (χ1v) is 6.86. The predicted molar refractivity (Wildman–Crippen MR) is 81.7 cm³/mol. The molecule has 0 saturated heterocycles. The van der Waals surface area contributed by atoms with Gasteiger partial charge in [0.1, 0.15) is 6.04 Å². The van der Waals surface area contributed by atoms with Crippen LogP contribution in [0.4, 0.5) is 16.2 Å². The molecule has 0 bridgehead atoms. The molecule has 1 atom stereocenters. The molecule has 0 radical (unpaired) electrons. The zero-order valence-corrected chi connectivity index (χ0v) is 12.8. The predicted octanol–water partition coefficient (Wildman–Crippen LogP) is 2.22. The van der Waals surface area contributed by atoms with Crippen molar-refractivity contribution >= 4 is 23.4 Å². The van der Waals surface area contributed by atoms with E-state index >= 15 is 0 Å². The number of nitrogens with zero attached hydrogens (tertiary/aromatic N) is 2. The van der Waals surface area contributed by atoms with Crippen LogP contribution in [0.5, 0.6) is 0 Å². The second-order valence-electron chi connectivity index (χ2n) is 6.13. The van der Waals surface area contributed by atoms with Gasteiger partial charge in [0.05, 0.1) is 11.4 Å². The summed E-state index contributed by atoms with van der Waals surface area (Å²) in [6, 6.07) is 6.68. The first kappa shape index (κ1) is 15.2. The van der Waals surface area contributed by atoms with E-state index < -0.39 is 17.7 Å². The van der Waals surface area contributed by atoms with Crippen molar-refractivity contribution in [2.24, 2.45) is 0 Å². The van der Waals surface area contributed by atoms with Gasteiger partial charge in [-0.3, -0.25) is 9.69 Å². The Balaban J connectivity index is 2.41. The Hall–Kier alpha value is -2.24. The number of carbonyl (C=O) groups is 2. The van der Waals surface area contributed by atoms with Gasteiger partial charge in [-0.1, -0.05) is 12.1 Å². The van der Waals surface area contributed by atoms with E-state index in [4.69, 9.17) is 0 Å². The summed E-state index contributed by atoms with van der Waals surface area (Å²) in [6.07, 6.45) is -1.10. The summed E-state index contributed by atoms with van der Waals surface area (Å²) in [6.45, 7) is 5.61. The zero-order chi connectivity index (χ0) is 15.8. The lowest BCUT2D eigenvalue weighted by Gasteiger charge is -2.39. The molecule has 0 spiro atoms. The van der Waals surface area contributed by atoms with Crippen molar-refractivity contribution in [2.45, 2.75) is 32.4 Å². The molecule has 0 saturated carbocycles. The van der Waals surface area contributed by atoms with Crippen LogP contribution < -0.4 is 10.2 Å². The molecule has 1 aromatic rings. The van der Waals surface area contributed by atoms with Crippen molar-refractivity contribution in [1.29, 1.82) is 0 Å². The molecule has 6 heteroatoms. The fourth-order valence-corrected chi connectivity index (χ4v) is 2.64. The van der Waals surface area contributed by atoms with Gasteiger partial charge in [0, 0.05) is 19.1 Å². The van der Waals surface area contributed by atoms with Gasteiger partial charge in [-0.25, -0.2) is 4.79 Å². The highest BCUT2D eigenvalue weighted by Gasteiger charge is 2.40. The molecule has 0 aliphatic carbocycles. The summed E-state index contributed by atoms with van der Waals surface area (Å²) < 4.78 is 0. The largest absolute Gasteiger partial charge is 0.465 e. The maximum atomic E-state index is 12.7. The van der Waals surface area contributed by atoms with Gasteiger partial charge in [0.2, 0.25) is 0 Å². The molecule has 2 rings (SSSR count). The number of amides is 2. The number of rotatable bonds is 1.